The van der Waals surface area contributed by atoms with Gasteiger partial charge < -0.3 is 18.3 Å². The molecule has 0 spiro atoms. The van der Waals surface area contributed by atoms with Crippen molar-refractivity contribution in [1.82, 2.24) is 10.2 Å². The van der Waals surface area contributed by atoms with Gasteiger partial charge in [0.1, 0.15) is 0 Å². The van der Waals surface area contributed by atoms with Gasteiger partial charge in [0.15, 0.2) is 28.5 Å². The summed E-state index contributed by atoms with van der Waals surface area (Å²) in [6.45, 7) is 0.150. The van der Waals surface area contributed by atoms with Gasteiger partial charge in [0, 0.05) is 11.5 Å². The molecular formula is C17H15BrN2O4S2. The third kappa shape index (κ3) is 3.89. The standard InChI is InChI=1S/C17H15BrN2O4S2/c1-21-13-8-10(17-25-6-7-26-17)2-3-11(13)22-9-15-19-20-16(24-15)12-4-5-14(18)23-12/h2-5,8,17H,6-7,9H2,1H3. The molecule has 0 N–H and O–H groups in total. The summed E-state index contributed by atoms with van der Waals surface area (Å²) in [6, 6.07) is 9.55. The van der Waals surface area contributed by atoms with E-state index in [1.807, 2.05) is 35.7 Å². The van der Waals surface area contributed by atoms with Crippen molar-refractivity contribution in [2.24, 2.45) is 0 Å². The molecule has 0 atom stereocenters. The summed E-state index contributed by atoms with van der Waals surface area (Å²) in [6.07, 6.45) is 0. The highest BCUT2D eigenvalue weighted by Crippen LogP contribution is 2.47. The Morgan fingerprint density at radius 1 is 1.12 bits per heavy atom. The number of nitrogens with zero attached hydrogens (tertiary/aromatic N) is 2. The molecule has 0 unspecified atom stereocenters. The Balaban J connectivity index is 1.45. The number of aromatic nitrogens is 2. The highest BCUT2D eigenvalue weighted by atomic mass is 79.9. The SMILES string of the molecule is COc1cc(C2SCCS2)ccc1OCc1nnc(-c2ccc(Br)o2)o1. The van der Waals surface area contributed by atoms with Crippen molar-refractivity contribution in [3.05, 3.63) is 46.5 Å². The van der Waals surface area contributed by atoms with Crippen molar-refractivity contribution in [3.63, 3.8) is 0 Å². The number of hydrogen-bond donors (Lipinski definition) is 0. The molecule has 0 bridgehead atoms. The van der Waals surface area contributed by atoms with E-state index in [9.17, 15) is 0 Å². The fraction of sp³-hybridized carbons (Fsp3) is 0.294. The maximum atomic E-state index is 5.81. The number of thioether (sulfide) groups is 2. The number of furan rings is 1. The Morgan fingerprint density at radius 2 is 1.96 bits per heavy atom. The topological polar surface area (TPSA) is 70.5 Å². The second-order valence-corrected chi connectivity index (χ2v) is 8.88. The van der Waals surface area contributed by atoms with E-state index in [0.29, 0.717) is 38.3 Å². The molecule has 1 aliphatic heterocycles. The van der Waals surface area contributed by atoms with Gasteiger partial charge >= 0.3 is 0 Å². The van der Waals surface area contributed by atoms with E-state index in [0.717, 1.165) is 0 Å². The quantitative estimate of drug-likeness (QED) is 0.505. The number of methoxy groups -OCH3 is 1. The number of hydrogen-bond acceptors (Lipinski definition) is 8. The van der Waals surface area contributed by atoms with Crippen LogP contribution in [0.5, 0.6) is 11.5 Å². The van der Waals surface area contributed by atoms with Crippen LogP contribution in [0.2, 0.25) is 0 Å². The normalized spacial score (nSPS) is 14.7. The Bertz CT molecular complexity index is 893. The van der Waals surface area contributed by atoms with Gasteiger partial charge in [-0.3, -0.25) is 0 Å². The Morgan fingerprint density at radius 3 is 2.69 bits per heavy atom. The highest BCUT2D eigenvalue weighted by molar-refractivity contribution is 9.10. The molecule has 1 aliphatic rings. The van der Waals surface area contributed by atoms with Crippen LogP contribution >= 0.6 is 39.5 Å². The van der Waals surface area contributed by atoms with E-state index in [1.54, 1.807) is 19.2 Å². The van der Waals surface area contributed by atoms with Crippen molar-refractivity contribution in [1.29, 1.82) is 0 Å². The van der Waals surface area contributed by atoms with Crippen molar-refractivity contribution in [2.45, 2.75) is 11.2 Å². The number of halogens is 1. The van der Waals surface area contributed by atoms with Crippen LogP contribution < -0.4 is 9.47 Å². The molecule has 4 rings (SSSR count). The monoisotopic (exact) mass is 454 g/mol. The van der Waals surface area contributed by atoms with Gasteiger partial charge in [-0.15, -0.1) is 33.7 Å². The molecular weight excluding hydrogens is 440 g/mol. The minimum Gasteiger partial charge on any atom is -0.493 e. The molecule has 136 valence electrons. The molecule has 1 aromatic carbocycles. The summed E-state index contributed by atoms with van der Waals surface area (Å²) in [5.74, 6) is 4.88. The van der Waals surface area contributed by atoms with Crippen LogP contribution in [0.15, 0.2) is 43.8 Å². The molecule has 0 amide bonds. The largest absolute Gasteiger partial charge is 0.493 e. The van der Waals surface area contributed by atoms with Gasteiger partial charge in [0.2, 0.25) is 0 Å². The summed E-state index contributed by atoms with van der Waals surface area (Å²) < 4.78 is 23.3. The highest BCUT2D eigenvalue weighted by Gasteiger charge is 2.20. The first-order valence-corrected chi connectivity index (χ1v) is 10.7. The maximum absolute atomic E-state index is 5.81. The van der Waals surface area contributed by atoms with Gasteiger partial charge in [-0.25, -0.2) is 0 Å². The fourth-order valence-corrected chi connectivity index (χ4v) is 5.63. The lowest BCUT2D eigenvalue weighted by Crippen LogP contribution is -1.99. The lowest BCUT2D eigenvalue weighted by molar-refractivity contribution is 0.250. The second-order valence-electron chi connectivity index (χ2n) is 5.38. The van der Waals surface area contributed by atoms with Crippen molar-refractivity contribution < 1.29 is 18.3 Å². The third-order valence-electron chi connectivity index (χ3n) is 3.68. The Labute approximate surface area is 167 Å². The van der Waals surface area contributed by atoms with Gasteiger partial charge in [-0.05, 0) is 45.8 Å². The number of benzene rings is 1. The van der Waals surface area contributed by atoms with Crippen molar-refractivity contribution >= 4 is 39.5 Å². The lowest BCUT2D eigenvalue weighted by atomic mass is 10.2. The zero-order valence-electron chi connectivity index (χ0n) is 13.8. The first kappa shape index (κ1) is 17.8. The zero-order chi connectivity index (χ0) is 17.9. The van der Waals surface area contributed by atoms with Crippen LogP contribution in [0.3, 0.4) is 0 Å². The first-order valence-electron chi connectivity index (χ1n) is 7.85. The predicted octanol–water partition coefficient (Wildman–Crippen LogP) is 5.16. The second kappa shape index (κ2) is 7.98. The average molecular weight is 455 g/mol. The summed E-state index contributed by atoms with van der Waals surface area (Å²) in [7, 11) is 1.64. The van der Waals surface area contributed by atoms with Crippen LogP contribution in [0, 0.1) is 0 Å². The third-order valence-corrected chi connectivity index (χ3v) is 7.21. The van der Waals surface area contributed by atoms with Crippen LogP contribution in [-0.2, 0) is 6.61 Å². The van der Waals surface area contributed by atoms with Gasteiger partial charge in [-0.1, -0.05) is 6.07 Å². The predicted molar refractivity (Wildman–Crippen MR) is 105 cm³/mol. The zero-order valence-corrected chi connectivity index (χ0v) is 17.0. The van der Waals surface area contributed by atoms with E-state index in [1.165, 1.54) is 17.1 Å². The molecule has 3 aromatic rings. The van der Waals surface area contributed by atoms with Crippen molar-refractivity contribution in [2.75, 3.05) is 18.6 Å². The molecule has 6 nitrogen and oxygen atoms in total. The summed E-state index contributed by atoms with van der Waals surface area (Å²) in [5.41, 5.74) is 1.24. The van der Waals surface area contributed by atoms with Gasteiger partial charge in [0.25, 0.3) is 11.8 Å². The molecule has 0 radical (unpaired) electrons. The Kier molecular flexibility index (Phi) is 5.46. The van der Waals surface area contributed by atoms with E-state index in [4.69, 9.17) is 18.3 Å². The van der Waals surface area contributed by atoms with E-state index < -0.39 is 0 Å². The minimum absolute atomic E-state index is 0.150. The van der Waals surface area contributed by atoms with Crippen molar-refractivity contribution in [3.8, 4) is 23.1 Å². The smallest absolute Gasteiger partial charge is 0.283 e. The number of rotatable bonds is 6. The van der Waals surface area contributed by atoms with E-state index in [2.05, 4.69) is 32.2 Å². The van der Waals surface area contributed by atoms with E-state index in [-0.39, 0.29) is 6.61 Å². The summed E-state index contributed by atoms with van der Waals surface area (Å²) in [5, 5.41) is 7.96. The van der Waals surface area contributed by atoms with Gasteiger partial charge in [0.05, 0.1) is 11.7 Å². The molecule has 3 heterocycles. The van der Waals surface area contributed by atoms with Crippen LogP contribution in [-0.4, -0.2) is 28.8 Å². The number of ether oxygens (including phenoxy) is 2. The molecule has 1 saturated heterocycles. The summed E-state index contributed by atoms with van der Waals surface area (Å²) in [4.78, 5) is 0. The lowest BCUT2D eigenvalue weighted by Gasteiger charge is -2.13. The molecule has 9 heteroatoms. The molecule has 2 aromatic heterocycles. The fourth-order valence-electron chi connectivity index (χ4n) is 2.48. The van der Waals surface area contributed by atoms with Crippen LogP contribution in [0.4, 0.5) is 0 Å². The van der Waals surface area contributed by atoms with Crippen LogP contribution in [0.25, 0.3) is 11.7 Å². The molecule has 26 heavy (non-hydrogen) atoms. The van der Waals surface area contributed by atoms with Crippen LogP contribution in [0.1, 0.15) is 16.0 Å². The Hall–Kier alpha value is -1.58. The van der Waals surface area contributed by atoms with Gasteiger partial charge in [-0.2, -0.15) is 0 Å². The van der Waals surface area contributed by atoms with E-state index >= 15 is 0 Å². The molecule has 1 fully saturated rings. The molecule has 0 aliphatic carbocycles. The minimum atomic E-state index is 0.150. The molecule has 0 saturated carbocycles. The summed E-state index contributed by atoms with van der Waals surface area (Å²) >= 11 is 7.15. The average Bonchev–Trinajstić information content (AvgIpc) is 3.41. The first-order chi connectivity index (χ1) is 12.7. The maximum Gasteiger partial charge on any atom is 0.283 e.